The lowest BCUT2D eigenvalue weighted by atomic mass is 9.96. The van der Waals surface area contributed by atoms with Gasteiger partial charge in [-0.2, -0.15) is 0 Å². The molecule has 0 amide bonds. The summed E-state index contributed by atoms with van der Waals surface area (Å²) in [5.41, 5.74) is 0.958. The van der Waals surface area contributed by atoms with E-state index in [4.69, 9.17) is 16.6 Å². The molecule has 6 nitrogen and oxygen atoms in total. The number of aryl methyl sites for hydroxylation is 1. The number of hydrogen-bond donors (Lipinski definition) is 0. The number of piperidine rings is 1. The molecule has 7 heteroatoms. The lowest BCUT2D eigenvalue weighted by Gasteiger charge is -2.34. The van der Waals surface area contributed by atoms with Crippen molar-refractivity contribution in [2.45, 2.75) is 58.9 Å². The molecular formula is C17H25ClN6. The van der Waals surface area contributed by atoms with Crippen molar-refractivity contribution in [3.05, 3.63) is 28.7 Å². The van der Waals surface area contributed by atoms with Gasteiger partial charge >= 0.3 is 0 Å². The first-order chi connectivity index (χ1) is 11.5. The van der Waals surface area contributed by atoms with Gasteiger partial charge in [-0.15, -0.1) is 10.2 Å². The minimum Gasteiger partial charge on any atom is -0.356 e. The average molecular weight is 349 g/mol. The zero-order valence-corrected chi connectivity index (χ0v) is 15.6. The molecule has 0 spiro atoms. The second-order valence-electron chi connectivity index (χ2n) is 6.71. The molecule has 3 rings (SSSR count). The molecule has 0 aliphatic carbocycles. The standard InChI is InChI=1S/C17H25ClN6/c1-5-14-20-15(18)12(4)16(21-14)23-8-6-7-13(9-23)17-22-19-10-24(17)11(2)3/h10-11,13H,5-9H2,1-4H3. The Hall–Kier alpha value is -1.69. The topological polar surface area (TPSA) is 59.7 Å². The van der Waals surface area contributed by atoms with Crippen LogP contribution < -0.4 is 4.90 Å². The second-order valence-corrected chi connectivity index (χ2v) is 7.07. The summed E-state index contributed by atoms with van der Waals surface area (Å²) in [5, 5.41) is 9.07. The molecular weight excluding hydrogens is 324 g/mol. The fraction of sp³-hybridized carbons (Fsp3) is 0.647. The molecule has 0 bridgehead atoms. The molecule has 0 N–H and O–H groups in total. The summed E-state index contributed by atoms with van der Waals surface area (Å²) >= 11 is 6.32. The number of rotatable bonds is 4. The quantitative estimate of drug-likeness (QED) is 0.791. The lowest BCUT2D eigenvalue weighted by molar-refractivity contribution is 0.452. The van der Waals surface area contributed by atoms with Crippen molar-refractivity contribution in [1.82, 2.24) is 24.7 Å². The van der Waals surface area contributed by atoms with Gasteiger partial charge in [0.05, 0.1) is 0 Å². The number of halogens is 1. The predicted octanol–water partition coefficient (Wildman–Crippen LogP) is 3.56. The van der Waals surface area contributed by atoms with Crippen LogP contribution in [-0.4, -0.2) is 37.8 Å². The van der Waals surface area contributed by atoms with Crippen LogP contribution in [0.2, 0.25) is 5.15 Å². The van der Waals surface area contributed by atoms with Gasteiger partial charge in [-0.3, -0.25) is 0 Å². The highest BCUT2D eigenvalue weighted by molar-refractivity contribution is 6.30. The van der Waals surface area contributed by atoms with Gasteiger partial charge in [0.1, 0.15) is 28.9 Å². The maximum absolute atomic E-state index is 6.32. The second kappa shape index (κ2) is 7.05. The van der Waals surface area contributed by atoms with E-state index in [1.165, 1.54) is 0 Å². The summed E-state index contributed by atoms with van der Waals surface area (Å²) in [4.78, 5) is 11.4. The first-order valence-electron chi connectivity index (χ1n) is 8.68. The Kier molecular flexibility index (Phi) is 5.04. The third kappa shape index (κ3) is 3.24. The van der Waals surface area contributed by atoms with Crippen molar-refractivity contribution in [3.8, 4) is 0 Å². The van der Waals surface area contributed by atoms with Crippen molar-refractivity contribution >= 4 is 17.4 Å². The summed E-state index contributed by atoms with van der Waals surface area (Å²) in [6.07, 6.45) is 4.85. The fourth-order valence-electron chi connectivity index (χ4n) is 3.31. The Morgan fingerprint density at radius 1 is 1.33 bits per heavy atom. The molecule has 1 unspecified atom stereocenters. The Bertz CT molecular complexity index is 711. The molecule has 3 heterocycles. The number of nitrogens with zero attached hydrogens (tertiary/aromatic N) is 6. The molecule has 1 aliphatic rings. The van der Waals surface area contributed by atoms with Crippen LogP contribution in [0.3, 0.4) is 0 Å². The minimum absolute atomic E-state index is 0.363. The van der Waals surface area contributed by atoms with Gasteiger partial charge in [-0.05, 0) is 33.6 Å². The van der Waals surface area contributed by atoms with E-state index >= 15 is 0 Å². The normalized spacial score (nSPS) is 18.4. The van der Waals surface area contributed by atoms with Crippen LogP contribution in [0.4, 0.5) is 5.82 Å². The first-order valence-corrected chi connectivity index (χ1v) is 9.06. The molecule has 1 atom stereocenters. The summed E-state index contributed by atoms with van der Waals surface area (Å²) in [6.45, 7) is 10.3. The third-order valence-corrected chi connectivity index (χ3v) is 5.03. The summed E-state index contributed by atoms with van der Waals surface area (Å²) in [6, 6.07) is 0.368. The molecule has 1 fully saturated rings. The van der Waals surface area contributed by atoms with E-state index in [-0.39, 0.29) is 0 Å². The van der Waals surface area contributed by atoms with Gasteiger partial charge in [-0.25, -0.2) is 9.97 Å². The third-order valence-electron chi connectivity index (χ3n) is 4.67. The molecule has 130 valence electrons. The largest absolute Gasteiger partial charge is 0.356 e. The zero-order valence-electron chi connectivity index (χ0n) is 14.8. The van der Waals surface area contributed by atoms with E-state index < -0.39 is 0 Å². The minimum atomic E-state index is 0.363. The van der Waals surface area contributed by atoms with Crippen LogP contribution in [0.25, 0.3) is 0 Å². The highest BCUT2D eigenvalue weighted by atomic mass is 35.5. The molecule has 0 radical (unpaired) electrons. The smallest absolute Gasteiger partial charge is 0.137 e. The van der Waals surface area contributed by atoms with Crippen LogP contribution >= 0.6 is 11.6 Å². The molecule has 24 heavy (non-hydrogen) atoms. The number of anilines is 1. The lowest BCUT2D eigenvalue weighted by Crippen LogP contribution is -2.36. The molecule has 2 aromatic heterocycles. The van der Waals surface area contributed by atoms with Crippen LogP contribution in [0.15, 0.2) is 6.33 Å². The van der Waals surface area contributed by atoms with Crippen molar-refractivity contribution in [1.29, 1.82) is 0 Å². The van der Waals surface area contributed by atoms with E-state index in [1.54, 1.807) is 0 Å². The van der Waals surface area contributed by atoms with Crippen molar-refractivity contribution in [2.75, 3.05) is 18.0 Å². The van der Waals surface area contributed by atoms with Gasteiger partial charge in [0.2, 0.25) is 0 Å². The highest BCUT2D eigenvalue weighted by Crippen LogP contribution is 2.32. The maximum atomic E-state index is 6.32. The Morgan fingerprint density at radius 3 is 2.83 bits per heavy atom. The van der Waals surface area contributed by atoms with Crippen molar-refractivity contribution < 1.29 is 0 Å². The fourth-order valence-corrected chi connectivity index (χ4v) is 3.49. The molecule has 2 aromatic rings. The Labute approximate surface area is 148 Å². The highest BCUT2D eigenvalue weighted by Gasteiger charge is 2.28. The Morgan fingerprint density at radius 2 is 2.12 bits per heavy atom. The molecule has 0 saturated carbocycles. The SMILES string of the molecule is CCc1nc(Cl)c(C)c(N2CCCC(c3nncn3C(C)C)C2)n1. The Balaban J connectivity index is 1.89. The molecule has 1 saturated heterocycles. The van der Waals surface area contributed by atoms with Crippen molar-refractivity contribution in [3.63, 3.8) is 0 Å². The van der Waals surface area contributed by atoms with Gasteiger partial charge < -0.3 is 9.47 Å². The summed E-state index contributed by atoms with van der Waals surface area (Å²) < 4.78 is 2.17. The van der Waals surface area contributed by atoms with Crippen LogP contribution in [0.1, 0.15) is 62.8 Å². The van der Waals surface area contributed by atoms with Gasteiger partial charge in [0.25, 0.3) is 0 Å². The van der Waals surface area contributed by atoms with Crippen molar-refractivity contribution in [2.24, 2.45) is 0 Å². The zero-order chi connectivity index (χ0) is 17.3. The van der Waals surface area contributed by atoms with E-state index in [0.29, 0.717) is 17.1 Å². The van der Waals surface area contributed by atoms with Crippen LogP contribution in [0.5, 0.6) is 0 Å². The van der Waals surface area contributed by atoms with E-state index in [1.807, 2.05) is 13.3 Å². The maximum Gasteiger partial charge on any atom is 0.137 e. The first kappa shape index (κ1) is 17.1. The van der Waals surface area contributed by atoms with E-state index in [2.05, 4.69) is 45.4 Å². The average Bonchev–Trinajstić information content (AvgIpc) is 3.07. The number of aromatic nitrogens is 5. The summed E-state index contributed by atoms with van der Waals surface area (Å²) in [5.74, 6) is 3.20. The van der Waals surface area contributed by atoms with Gasteiger partial charge in [0.15, 0.2) is 0 Å². The van der Waals surface area contributed by atoms with Gasteiger partial charge in [-0.1, -0.05) is 18.5 Å². The monoisotopic (exact) mass is 348 g/mol. The molecule has 0 aromatic carbocycles. The van der Waals surface area contributed by atoms with E-state index in [9.17, 15) is 0 Å². The van der Waals surface area contributed by atoms with Crippen LogP contribution in [0, 0.1) is 6.92 Å². The van der Waals surface area contributed by atoms with E-state index in [0.717, 1.165) is 55.4 Å². The van der Waals surface area contributed by atoms with Gasteiger partial charge in [0, 0.05) is 37.0 Å². The predicted molar refractivity (Wildman–Crippen MR) is 95.8 cm³/mol. The van der Waals surface area contributed by atoms with Crippen LogP contribution in [-0.2, 0) is 6.42 Å². The molecule has 1 aliphatic heterocycles. The summed E-state index contributed by atoms with van der Waals surface area (Å²) in [7, 11) is 0. The number of hydrogen-bond acceptors (Lipinski definition) is 5.